The van der Waals surface area contributed by atoms with Gasteiger partial charge >= 0.3 is 18.2 Å². The number of alkyl carbamates (subject to hydrolysis) is 1. The number of esters is 1. The zero-order valence-corrected chi connectivity index (χ0v) is 15.8. The van der Waals surface area contributed by atoms with Crippen molar-refractivity contribution in [1.82, 2.24) is 5.32 Å². The Morgan fingerprint density at radius 3 is 2.00 bits per heavy atom. The molecule has 0 aromatic heterocycles. The molecule has 0 unspecified atom stereocenters. The molecule has 0 aliphatic heterocycles. The van der Waals surface area contributed by atoms with E-state index in [1.807, 2.05) is 0 Å². The molecule has 0 heterocycles. The molecule has 8 heteroatoms. The summed E-state index contributed by atoms with van der Waals surface area (Å²) in [6.45, 7) is 10.9. The van der Waals surface area contributed by atoms with Crippen molar-refractivity contribution in [2.45, 2.75) is 66.3 Å². The molecule has 2 atom stereocenters. The van der Waals surface area contributed by atoms with Gasteiger partial charge in [0.1, 0.15) is 5.60 Å². The predicted molar refractivity (Wildman–Crippen MR) is 87.9 cm³/mol. The molecule has 0 aliphatic carbocycles. The summed E-state index contributed by atoms with van der Waals surface area (Å²) in [5.74, 6) is -2.20. The second kappa shape index (κ2) is 9.10. The van der Waals surface area contributed by atoms with Crippen LogP contribution in [0.4, 0.5) is 18.0 Å². The van der Waals surface area contributed by atoms with Crippen molar-refractivity contribution in [3.8, 4) is 0 Å². The molecule has 0 aromatic carbocycles. The number of halogens is 3. The Labute approximate surface area is 146 Å². The lowest BCUT2D eigenvalue weighted by Crippen LogP contribution is -2.42. The van der Waals surface area contributed by atoms with Crippen molar-refractivity contribution in [3.63, 3.8) is 0 Å². The molecule has 0 bridgehead atoms. The van der Waals surface area contributed by atoms with Gasteiger partial charge in [0.15, 0.2) is 0 Å². The third kappa shape index (κ3) is 8.79. The highest BCUT2D eigenvalue weighted by Crippen LogP contribution is 2.31. The molecule has 0 saturated heterocycles. The number of rotatable bonds is 6. The number of alkyl halides is 3. The van der Waals surface area contributed by atoms with E-state index < -0.39 is 47.3 Å². The Bertz CT molecular complexity index is 493. The first-order chi connectivity index (χ1) is 11.2. The van der Waals surface area contributed by atoms with Crippen LogP contribution in [0.1, 0.15) is 48.5 Å². The number of nitrogens with one attached hydrogen (secondary N) is 1. The minimum absolute atomic E-state index is 0.0724. The van der Waals surface area contributed by atoms with E-state index in [2.05, 4.69) is 5.32 Å². The van der Waals surface area contributed by atoms with E-state index in [0.29, 0.717) is 0 Å². The van der Waals surface area contributed by atoms with Gasteiger partial charge in [-0.3, -0.25) is 4.79 Å². The van der Waals surface area contributed by atoms with Gasteiger partial charge in [0.2, 0.25) is 0 Å². The maximum atomic E-state index is 13.4. The number of carbonyl (C=O) groups is 2. The summed E-state index contributed by atoms with van der Waals surface area (Å²) in [6.07, 6.45) is -4.86. The number of amides is 1. The summed E-state index contributed by atoms with van der Waals surface area (Å²) < 4.78 is 50.1. The minimum Gasteiger partial charge on any atom is -0.466 e. The van der Waals surface area contributed by atoms with E-state index in [1.54, 1.807) is 41.5 Å². The highest BCUT2D eigenvalue weighted by molar-refractivity contribution is 5.75. The monoisotopic (exact) mass is 367 g/mol. The molecule has 0 spiro atoms. The van der Waals surface area contributed by atoms with E-state index >= 15 is 0 Å². The molecule has 0 fully saturated rings. The van der Waals surface area contributed by atoms with Crippen LogP contribution >= 0.6 is 0 Å². The third-order valence-corrected chi connectivity index (χ3v) is 3.16. The van der Waals surface area contributed by atoms with Gasteiger partial charge in [0.25, 0.3) is 0 Å². The molecule has 5 nitrogen and oxygen atoms in total. The molecule has 0 rings (SSSR count). The number of ether oxygens (including phenoxy) is 2. The maximum Gasteiger partial charge on any atom is 0.414 e. The van der Waals surface area contributed by atoms with Gasteiger partial charge in [-0.15, -0.1) is 0 Å². The SMILES string of the molecule is CCOC(=O)[C@@H](/C=C(\[C@H](C)NC(=O)OC(C)(C)C)C(F)(F)F)C(C)C. The van der Waals surface area contributed by atoms with E-state index in [9.17, 15) is 22.8 Å². The number of hydrogen-bond acceptors (Lipinski definition) is 4. The van der Waals surface area contributed by atoms with Crippen LogP contribution in [-0.2, 0) is 14.3 Å². The Morgan fingerprint density at radius 2 is 1.64 bits per heavy atom. The molecule has 146 valence electrons. The van der Waals surface area contributed by atoms with Gasteiger partial charge < -0.3 is 14.8 Å². The fraction of sp³-hybridized carbons (Fsp3) is 0.765. The van der Waals surface area contributed by atoms with Crippen LogP contribution in [0.15, 0.2) is 11.6 Å². The molecule has 0 saturated carbocycles. The van der Waals surface area contributed by atoms with Gasteiger partial charge in [0, 0.05) is 0 Å². The van der Waals surface area contributed by atoms with Gasteiger partial charge in [-0.25, -0.2) is 4.79 Å². The summed E-state index contributed by atoms with van der Waals surface area (Å²) in [5, 5.41) is 2.16. The average Bonchev–Trinajstić information content (AvgIpc) is 2.34. The summed E-state index contributed by atoms with van der Waals surface area (Å²) >= 11 is 0. The van der Waals surface area contributed by atoms with Crippen LogP contribution in [0.5, 0.6) is 0 Å². The third-order valence-electron chi connectivity index (χ3n) is 3.16. The van der Waals surface area contributed by atoms with E-state index in [4.69, 9.17) is 9.47 Å². The normalized spacial score (nSPS) is 15.6. The summed E-state index contributed by atoms with van der Waals surface area (Å²) in [5.41, 5.74) is -1.86. The zero-order chi connectivity index (χ0) is 20.0. The van der Waals surface area contributed by atoms with Gasteiger partial charge in [0.05, 0.1) is 24.1 Å². The second-order valence-electron chi connectivity index (χ2n) is 7.01. The minimum atomic E-state index is -4.71. The fourth-order valence-electron chi connectivity index (χ4n) is 2.01. The van der Waals surface area contributed by atoms with E-state index in [0.717, 1.165) is 6.08 Å². The average molecular weight is 367 g/mol. The highest BCUT2D eigenvalue weighted by atomic mass is 19.4. The predicted octanol–water partition coefficient (Wildman–Crippen LogP) is 4.22. The fourth-order valence-corrected chi connectivity index (χ4v) is 2.01. The quantitative estimate of drug-likeness (QED) is 0.564. The van der Waals surface area contributed by atoms with Crippen LogP contribution in [-0.4, -0.2) is 36.5 Å². The lowest BCUT2D eigenvalue weighted by Gasteiger charge is -2.25. The van der Waals surface area contributed by atoms with Crippen LogP contribution in [0.25, 0.3) is 0 Å². The molecule has 1 N–H and O–H groups in total. The van der Waals surface area contributed by atoms with E-state index in [1.165, 1.54) is 6.92 Å². The topological polar surface area (TPSA) is 64.6 Å². The van der Waals surface area contributed by atoms with E-state index in [-0.39, 0.29) is 6.61 Å². The molecular weight excluding hydrogens is 339 g/mol. The van der Waals surface area contributed by atoms with Crippen LogP contribution in [0.2, 0.25) is 0 Å². The van der Waals surface area contributed by atoms with Crippen LogP contribution in [0, 0.1) is 11.8 Å². The standard InChI is InChI=1S/C17H28F3NO4/c1-8-24-14(22)12(10(2)3)9-13(17(18,19)20)11(4)21-15(23)25-16(5,6)7/h9-12H,8H2,1-7H3,(H,21,23)/b13-9+/t11-,12-/m0/s1. The Kier molecular flexibility index (Phi) is 8.47. The van der Waals surface area contributed by atoms with Crippen molar-refractivity contribution in [1.29, 1.82) is 0 Å². The first-order valence-corrected chi connectivity index (χ1v) is 8.14. The molecule has 1 amide bonds. The van der Waals surface area contributed by atoms with Crippen molar-refractivity contribution in [3.05, 3.63) is 11.6 Å². The number of carbonyl (C=O) groups excluding carboxylic acids is 2. The van der Waals surface area contributed by atoms with Crippen LogP contribution in [0.3, 0.4) is 0 Å². The Morgan fingerprint density at radius 1 is 1.12 bits per heavy atom. The first kappa shape index (κ1) is 23.3. The lowest BCUT2D eigenvalue weighted by atomic mass is 9.91. The largest absolute Gasteiger partial charge is 0.466 e. The maximum absolute atomic E-state index is 13.4. The summed E-state index contributed by atoms with van der Waals surface area (Å²) in [4.78, 5) is 23.7. The van der Waals surface area contributed by atoms with Crippen molar-refractivity contribution in [2.24, 2.45) is 11.8 Å². The summed E-state index contributed by atoms with van der Waals surface area (Å²) in [6, 6.07) is -1.38. The van der Waals surface area contributed by atoms with Crippen molar-refractivity contribution in [2.75, 3.05) is 6.61 Å². The lowest BCUT2D eigenvalue weighted by molar-refractivity contribution is -0.147. The highest BCUT2D eigenvalue weighted by Gasteiger charge is 2.39. The zero-order valence-electron chi connectivity index (χ0n) is 15.8. The van der Waals surface area contributed by atoms with Gasteiger partial charge in [-0.2, -0.15) is 13.2 Å². The molecule has 25 heavy (non-hydrogen) atoms. The van der Waals surface area contributed by atoms with Crippen LogP contribution < -0.4 is 5.32 Å². The second-order valence-corrected chi connectivity index (χ2v) is 7.01. The molecule has 0 aliphatic rings. The van der Waals surface area contributed by atoms with Gasteiger partial charge in [-0.1, -0.05) is 19.9 Å². The Hall–Kier alpha value is -1.73. The van der Waals surface area contributed by atoms with Crippen molar-refractivity contribution < 1.29 is 32.2 Å². The first-order valence-electron chi connectivity index (χ1n) is 8.14. The molecular formula is C17H28F3NO4. The molecule has 0 aromatic rings. The van der Waals surface area contributed by atoms with Crippen molar-refractivity contribution >= 4 is 12.1 Å². The molecule has 0 radical (unpaired) electrons. The smallest absolute Gasteiger partial charge is 0.414 e. The summed E-state index contributed by atoms with van der Waals surface area (Å²) in [7, 11) is 0. The Balaban J connectivity index is 5.54. The van der Waals surface area contributed by atoms with Gasteiger partial charge in [-0.05, 0) is 40.5 Å². The number of hydrogen-bond donors (Lipinski definition) is 1.